The molecule has 140 valence electrons. The third-order valence-corrected chi connectivity index (χ3v) is 4.99. The number of hydrogen-bond donors (Lipinski definition) is 1. The lowest BCUT2D eigenvalue weighted by molar-refractivity contribution is 0.881. The van der Waals surface area contributed by atoms with Crippen LogP contribution in [0.15, 0.2) is 72.8 Å². The maximum atomic E-state index is 4.81. The van der Waals surface area contributed by atoms with Gasteiger partial charge < -0.3 is 0 Å². The number of nitrogens with zero attached hydrogens (tertiary/aromatic N) is 5. The van der Waals surface area contributed by atoms with Crippen molar-refractivity contribution in [2.75, 3.05) is 0 Å². The Morgan fingerprint density at radius 1 is 0.759 bits per heavy atom. The molecule has 0 saturated carbocycles. The third kappa shape index (κ3) is 3.36. The number of hydrogen-bond acceptors (Lipinski definition) is 5. The number of aryl methyl sites for hydroxylation is 1. The Hall–Kier alpha value is -3.93. The van der Waals surface area contributed by atoms with Gasteiger partial charge in [0.25, 0.3) is 0 Å². The van der Waals surface area contributed by atoms with Crippen LogP contribution in [0.3, 0.4) is 0 Å². The first-order valence-corrected chi connectivity index (χ1v) is 9.42. The number of H-pyrrole nitrogens is 1. The quantitative estimate of drug-likeness (QED) is 0.502. The van der Waals surface area contributed by atoms with Gasteiger partial charge in [-0.25, -0.2) is 9.97 Å². The van der Waals surface area contributed by atoms with E-state index < -0.39 is 0 Å². The van der Waals surface area contributed by atoms with Crippen molar-refractivity contribution in [2.45, 2.75) is 13.3 Å². The van der Waals surface area contributed by atoms with Gasteiger partial charge in [0.1, 0.15) is 0 Å². The summed E-state index contributed by atoms with van der Waals surface area (Å²) in [7, 11) is 0. The Kier molecular flexibility index (Phi) is 4.29. The van der Waals surface area contributed by atoms with E-state index in [0.29, 0.717) is 5.82 Å². The van der Waals surface area contributed by atoms with Gasteiger partial charge in [-0.2, -0.15) is 5.21 Å². The number of nitrogens with one attached hydrogen (secondary N) is 1. The first-order valence-electron chi connectivity index (χ1n) is 9.42. The van der Waals surface area contributed by atoms with E-state index in [2.05, 4.69) is 51.0 Å². The molecule has 0 aliphatic carbocycles. The fraction of sp³-hybridized carbons (Fsp3) is 0.0870. The molecule has 5 rings (SSSR count). The maximum Gasteiger partial charge on any atom is 0.205 e. The molecule has 3 aromatic carbocycles. The van der Waals surface area contributed by atoms with Crippen LogP contribution in [0.2, 0.25) is 0 Å². The van der Waals surface area contributed by atoms with Crippen LogP contribution in [0.25, 0.3) is 33.5 Å². The van der Waals surface area contributed by atoms with Crippen LogP contribution >= 0.6 is 0 Å². The van der Waals surface area contributed by atoms with Crippen LogP contribution in [0.4, 0.5) is 0 Å². The minimum absolute atomic E-state index is 0.590. The summed E-state index contributed by atoms with van der Waals surface area (Å²) in [5, 5.41) is 14.4. The molecule has 0 spiro atoms. The second-order valence-corrected chi connectivity index (χ2v) is 6.90. The molecule has 0 unspecified atom stereocenters. The standard InChI is InChI=1S/C23H18N6/c1-15-22(25-21-9-5-4-8-20(21)24-15)14-16-10-12-17(13-11-16)18-6-2-3-7-19(18)23-26-28-29-27-23/h2-13H,14H2,1H3,(H,26,27,28,29). The van der Waals surface area contributed by atoms with Crippen molar-refractivity contribution in [3.05, 3.63) is 89.7 Å². The Morgan fingerprint density at radius 3 is 2.17 bits per heavy atom. The zero-order valence-corrected chi connectivity index (χ0v) is 15.9. The highest BCUT2D eigenvalue weighted by Crippen LogP contribution is 2.30. The Labute approximate surface area is 167 Å². The summed E-state index contributed by atoms with van der Waals surface area (Å²) in [6, 6.07) is 24.6. The van der Waals surface area contributed by atoms with Gasteiger partial charge in [0, 0.05) is 12.0 Å². The molecule has 0 amide bonds. The molecule has 5 aromatic rings. The molecule has 0 aliphatic heterocycles. The Morgan fingerprint density at radius 2 is 1.45 bits per heavy atom. The van der Waals surface area contributed by atoms with Crippen molar-refractivity contribution in [2.24, 2.45) is 0 Å². The molecule has 6 nitrogen and oxygen atoms in total. The number of benzene rings is 3. The summed E-state index contributed by atoms with van der Waals surface area (Å²) in [6.07, 6.45) is 0.746. The first kappa shape index (κ1) is 17.2. The highest BCUT2D eigenvalue weighted by atomic mass is 15.5. The molecule has 0 fully saturated rings. The molecule has 0 bridgehead atoms. The van der Waals surface area contributed by atoms with Gasteiger partial charge in [0.2, 0.25) is 5.82 Å². The van der Waals surface area contributed by atoms with Crippen LogP contribution in [0.5, 0.6) is 0 Å². The molecule has 0 radical (unpaired) electrons. The van der Waals surface area contributed by atoms with E-state index in [4.69, 9.17) is 9.97 Å². The predicted octanol–water partition coefficient (Wildman–Crippen LogP) is 4.38. The maximum absolute atomic E-state index is 4.81. The van der Waals surface area contributed by atoms with Crippen molar-refractivity contribution in [1.82, 2.24) is 30.6 Å². The fourth-order valence-electron chi connectivity index (χ4n) is 3.49. The van der Waals surface area contributed by atoms with Gasteiger partial charge in [-0.15, -0.1) is 10.2 Å². The van der Waals surface area contributed by atoms with Gasteiger partial charge in [-0.05, 0) is 41.0 Å². The van der Waals surface area contributed by atoms with Gasteiger partial charge in [0.05, 0.1) is 22.4 Å². The van der Waals surface area contributed by atoms with Crippen LogP contribution in [0.1, 0.15) is 17.0 Å². The van der Waals surface area contributed by atoms with Crippen LogP contribution < -0.4 is 0 Å². The van der Waals surface area contributed by atoms with Gasteiger partial charge >= 0.3 is 0 Å². The van der Waals surface area contributed by atoms with Crippen molar-refractivity contribution < 1.29 is 0 Å². The molecule has 0 saturated heterocycles. The second-order valence-electron chi connectivity index (χ2n) is 6.90. The average Bonchev–Trinajstić information content (AvgIpc) is 3.30. The van der Waals surface area contributed by atoms with Crippen LogP contribution in [-0.4, -0.2) is 30.6 Å². The number of para-hydroxylation sites is 2. The van der Waals surface area contributed by atoms with Crippen LogP contribution in [-0.2, 0) is 6.42 Å². The summed E-state index contributed by atoms with van der Waals surface area (Å²) in [5.74, 6) is 0.590. The molecular weight excluding hydrogens is 360 g/mol. The molecular formula is C23H18N6. The van der Waals surface area contributed by atoms with Gasteiger partial charge in [-0.3, -0.25) is 0 Å². The second kappa shape index (κ2) is 7.24. The smallest absolute Gasteiger partial charge is 0.205 e. The Balaban J connectivity index is 1.46. The molecule has 0 aliphatic rings. The van der Waals surface area contributed by atoms with E-state index in [0.717, 1.165) is 45.5 Å². The normalized spacial score (nSPS) is 11.1. The number of tetrazole rings is 1. The van der Waals surface area contributed by atoms with E-state index in [1.54, 1.807) is 0 Å². The lowest BCUT2D eigenvalue weighted by Crippen LogP contribution is -2.00. The van der Waals surface area contributed by atoms with Crippen molar-refractivity contribution in [1.29, 1.82) is 0 Å². The SMILES string of the molecule is Cc1nc2ccccc2nc1Cc1ccc(-c2ccccc2-c2nn[nH]n2)cc1. The van der Waals surface area contributed by atoms with E-state index in [1.807, 2.05) is 49.4 Å². The summed E-state index contributed by atoms with van der Waals surface area (Å²) in [5.41, 5.74) is 8.15. The molecule has 2 heterocycles. The summed E-state index contributed by atoms with van der Waals surface area (Å²) in [6.45, 7) is 2.02. The van der Waals surface area contributed by atoms with Crippen LogP contribution in [0, 0.1) is 6.92 Å². The van der Waals surface area contributed by atoms with E-state index in [9.17, 15) is 0 Å². The van der Waals surface area contributed by atoms with E-state index in [-0.39, 0.29) is 0 Å². The third-order valence-electron chi connectivity index (χ3n) is 4.99. The predicted molar refractivity (Wildman–Crippen MR) is 112 cm³/mol. The molecule has 1 N–H and O–H groups in total. The Bertz CT molecular complexity index is 1280. The summed E-state index contributed by atoms with van der Waals surface area (Å²) >= 11 is 0. The van der Waals surface area contributed by atoms with Gasteiger partial charge in [-0.1, -0.05) is 60.7 Å². The number of fused-ring (bicyclic) bond motifs is 1. The van der Waals surface area contributed by atoms with Crippen molar-refractivity contribution >= 4 is 11.0 Å². The molecule has 0 atom stereocenters. The lowest BCUT2D eigenvalue weighted by atomic mass is 9.97. The lowest BCUT2D eigenvalue weighted by Gasteiger charge is -2.09. The zero-order valence-electron chi connectivity index (χ0n) is 15.9. The largest absolute Gasteiger partial charge is 0.250 e. The summed E-state index contributed by atoms with van der Waals surface area (Å²) in [4.78, 5) is 9.50. The van der Waals surface area contributed by atoms with Crippen molar-refractivity contribution in [3.63, 3.8) is 0 Å². The summed E-state index contributed by atoms with van der Waals surface area (Å²) < 4.78 is 0. The highest BCUT2D eigenvalue weighted by Gasteiger charge is 2.11. The molecule has 2 aromatic heterocycles. The van der Waals surface area contributed by atoms with Crippen molar-refractivity contribution in [3.8, 4) is 22.5 Å². The molecule has 29 heavy (non-hydrogen) atoms. The molecule has 6 heteroatoms. The number of aromatic amines is 1. The monoisotopic (exact) mass is 378 g/mol. The van der Waals surface area contributed by atoms with E-state index in [1.165, 1.54) is 5.56 Å². The fourth-order valence-corrected chi connectivity index (χ4v) is 3.49. The average molecular weight is 378 g/mol. The minimum Gasteiger partial charge on any atom is -0.250 e. The van der Waals surface area contributed by atoms with E-state index >= 15 is 0 Å². The highest BCUT2D eigenvalue weighted by molar-refractivity contribution is 5.80. The first-order chi connectivity index (χ1) is 14.3. The zero-order chi connectivity index (χ0) is 19.6. The minimum atomic E-state index is 0.590. The topological polar surface area (TPSA) is 80.2 Å². The number of aromatic nitrogens is 6. The number of rotatable bonds is 4. The van der Waals surface area contributed by atoms with Gasteiger partial charge in [0.15, 0.2) is 0 Å².